The molecule has 0 aliphatic heterocycles. The van der Waals surface area contributed by atoms with Gasteiger partial charge in [-0.3, -0.25) is 4.98 Å². The zero-order valence-electron chi connectivity index (χ0n) is 10.9. The van der Waals surface area contributed by atoms with E-state index in [9.17, 15) is 0 Å². The highest BCUT2D eigenvalue weighted by atomic mass is 15.4. The smallest absolute Gasteiger partial charge is 0.102 e. The summed E-state index contributed by atoms with van der Waals surface area (Å²) in [5.74, 6) is 0. The van der Waals surface area contributed by atoms with Crippen molar-refractivity contribution in [3.8, 4) is 5.69 Å². The Morgan fingerprint density at radius 3 is 2.79 bits per heavy atom. The third kappa shape index (κ3) is 2.20. The first kappa shape index (κ1) is 11.8. The van der Waals surface area contributed by atoms with Crippen LogP contribution < -0.4 is 5.73 Å². The van der Waals surface area contributed by atoms with Crippen molar-refractivity contribution in [3.05, 3.63) is 48.4 Å². The van der Waals surface area contributed by atoms with Crippen LogP contribution >= 0.6 is 0 Å². The van der Waals surface area contributed by atoms with Gasteiger partial charge in [0, 0.05) is 11.6 Å². The molecule has 2 aromatic heterocycles. The van der Waals surface area contributed by atoms with Gasteiger partial charge < -0.3 is 5.73 Å². The van der Waals surface area contributed by atoms with Gasteiger partial charge in [0.1, 0.15) is 5.69 Å². The number of nitrogens with zero attached hydrogens (tertiary/aromatic N) is 4. The third-order valence-electron chi connectivity index (χ3n) is 3.00. The Kier molecular flexibility index (Phi) is 2.57. The Morgan fingerprint density at radius 2 is 2.05 bits per heavy atom. The van der Waals surface area contributed by atoms with Gasteiger partial charge in [-0.1, -0.05) is 11.3 Å². The van der Waals surface area contributed by atoms with Gasteiger partial charge in [-0.05, 0) is 38.1 Å². The van der Waals surface area contributed by atoms with Crippen LogP contribution in [-0.2, 0) is 5.54 Å². The molecule has 19 heavy (non-hydrogen) atoms. The molecule has 0 radical (unpaired) electrons. The molecule has 5 nitrogen and oxygen atoms in total. The van der Waals surface area contributed by atoms with E-state index in [4.69, 9.17) is 5.73 Å². The molecule has 0 unspecified atom stereocenters. The zero-order valence-corrected chi connectivity index (χ0v) is 10.9. The quantitative estimate of drug-likeness (QED) is 0.758. The second kappa shape index (κ2) is 4.13. The molecule has 0 saturated carbocycles. The molecule has 5 heteroatoms. The predicted molar refractivity (Wildman–Crippen MR) is 73.9 cm³/mol. The first-order valence-corrected chi connectivity index (χ1v) is 6.11. The minimum absolute atomic E-state index is 0.489. The van der Waals surface area contributed by atoms with E-state index in [1.165, 1.54) is 0 Å². The number of hydrogen-bond donors (Lipinski definition) is 1. The summed E-state index contributed by atoms with van der Waals surface area (Å²) in [5.41, 5.74) is 8.20. The van der Waals surface area contributed by atoms with E-state index in [1.807, 2.05) is 50.4 Å². The summed E-state index contributed by atoms with van der Waals surface area (Å²) in [4.78, 5) is 4.30. The summed E-state index contributed by atoms with van der Waals surface area (Å²) in [6, 6.07) is 9.92. The van der Waals surface area contributed by atoms with E-state index in [2.05, 4.69) is 15.3 Å². The SMILES string of the molecule is CC(C)(N)c1cn(-c2ccc3ncccc3c2)nn1. The number of nitrogens with two attached hydrogens (primary N) is 1. The van der Waals surface area contributed by atoms with Crippen LogP contribution in [0.4, 0.5) is 0 Å². The Balaban J connectivity index is 2.07. The molecule has 0 aliphatic carbocycles. The fourth-order valence-corrected chi connectivity index (χ4v) is 1.89. The predicted octanol–water partition coefficient (Wildman–Crippen LogP) is 2.01. The van der Waals surface area contributed by atoms with Crippen molar-refractivity contribution in [1.82, 2.24) is 20.0 Å². The van der Waals surface area contributed by atoms with Gasteiger partial charge in [0.25, 0.3) is 0 Å². The van der Waals surface area contributed by atoms with E-state index in [0.717, 1.165) is 22.3 Å². The first-order chi connectivity index (χ1) is 9.04. The van der Waals surface area contributed by atoms with Crippen LogP contribution in [0.3, 0.4) is 0 Å². The zero-order chi connectivity index (χ0) is 13.5. The van der Waals surface area contributed by atoms with Crippen molar-refractivity contribution < 1.29 is 0 Å². The van der Waals surface area contributed by atoms with Crippen molar-refractivity contribution >= 4 is 10.9 Å². The summed E-state index contributed by atoms with van der Waals surface area (Å²) < 4.78 is 1.73. The number of fused-ring (bicyclic) bond motifs is 1. The van der Waals surface area contributed by atoms with Crippen LogP contribution in [0.2, 0.25) is 0 Å². The van der Waals surface area contributed by atoms with Crippen LogP contribution in [0.5, 0.6) is 0 Å². The highest BCUT2D eigenvalue weighted by Crippen LogP contribution is 2.18. The molecule has 3 aromatic rings. The van der Waals surface area contributed by atoms with Crippen LogP contribution in [-0.4, -0.2) is 20.0 Å². The maximum absolute atomic E-state index is 6.01. The third-order valence-corrected chi connectivity index (χ3v) is 3.00. The van der Waals surface area contributed by atoms with Crippen molar-refractivity contribution in [3.63, 3.8) is 0 Å². The maximum atomic E-state index is 6.01. The average Bonchev–Trinajstić information content (AvgIpc) is 2.87. The van der Waals surface area contributed by atoms with E-state index in [1.54, 1.807) is 10.9 Å². The minimum Gasteiger partial charge on any atom is -0.320 e. The van der Waals surface area contributed by atoms with Gasteiger partial charge >= 0.3 is 0 Å². The van der Waals surface area contributed by atoms with Gasteiger partial charge in [-0.25, -0.2) is 4.68 Å². The number of hydrogen-bond acceptors (Lipinski definition) is 4. The standard InChI is InChI=1S/C14H15N5/c1-14(2,15)13-9-19(18-17-13)11-5-6-12-10(8-11)4-3-7-16-12/h3-9H,15H2,1-2H3. The van der Waals surface area contributed by atoms with E-state index < -0.39 is 5.54 Å². The lowest BCUT2D eigenvalue weighted by atomic mass is 10.0. The number of rotatable bonds is 2. The molecular formula is C14H15N5. The maximum Gasteiger partial charge on any atom is 0.102 e. The first-order valence-electron chi connectivity index (χ1n) is 6.11. The molecule has 1 aromatic carbocycles. The molecule has 0 amide bonds. The average molecular weight is 253 g/mol. The summed E-state index contributed by atoms with van der Waals surface area (Å²) in [6.07, 6.45) is 3.64. The van der Waals surface area contributed by atoms with Gasteiger partial charge in [-0.2, -0.15) is 0 Å². The topological polar surface area (TPSA) is 69.6 Å². The highest BCUT2D eigenvalue weighted by molar-refractivity contribution is 5.80. The van der Waals surface area contributed by atoms with Crippen LogP contribution in [0, 0.1) is 0 Å². The van der Waals surface area contributed by atoms with Crippen molar-refractivity contribution in [1.29, 1.82) is 0 Å². The second-order valence-corrected chi connectivity index (χ2v) is 5.15. The monoisotopic (exact) mass is 253 g/mol. The molecule has 0 bridgehead atoms. The molecule has 2 heterocycles. The lowest BCUT2D eigenvalue weighted by Crippen LogP contribution is -2.29. The molecule has 0 saturated heterocycles. The Hall–Kier alpha value is -2.27. The number of pyridine rings is 1. The van der Waals surface area contributed by atoms with Crippen LogP contribution in [0.25, 0.3) is 16.6 Å². The molecule has 0 fully saturated rings. The Labute approximate surface area is 111 Å². The molecule has 96 valence electrons. The van der Waals surface area contributed by atoms with Crippen molar-refractivity contribution in [2.75, 3.05) is 0 Å². The summed E-state index contributed by atoms with van der Waals surface area (Å²) >= 11 is 0. The van der Waals surface area contributed by atoms with E-state index in [-0.39, 0.29) is 0 Å². The number of benzene rings is 1. The van der Waals surface area contributed by atoms with Crippen molar-refractivity contribution in [2.45, 2.75) is 19.4 Å². The molecule has 0 atom stereocenters. The largest absolute Gasteiger partial charge is 0.320 e. The Morgan fingerprint density at radius 1 is 1.21 bits per heavy atom. The Bertz CT molecular complexity index is 724. The van der Waals surface area contributed by atoms with Gasteiger partial charge in [0.05, 0.1) is 22.9 Å². The summed E-state index contributed by atoms with van der Waals surface area (Å²) in [6.45, 7) is 3.82. The normalized spacial score (nSPS) is 11.9. The highest BCUT2D eigenvalue weighted by Gasteiger charge is 2.18. The molecule has 0 aliphatic rings. The number of aromatic nitrogens is 4. The summed E-state index contributed by atoms with van der Waals surface area (Å²) in [5, 5.41) is 9.32. The van der Waals surface area contributed by atoms with E-state index in [0.29, 0.717) is 0 Å². The molecule has 2 N–H and O–H groups in total. The van der Waals surface area contributed by atoms with E-state index >= 15 is 0 Å². The molecule has 3 rings (SSSR count). The minimum atomic E-state index is -0.489. The lowest BCUT2D eigenvalue weighted by Gasteiger charge is -2.13. The van der Waals surface area contributed by atoms with Gasteiger partial charge in [0.2, 0.25) is 0 Å². The fraction of sp³-hybridized carbons (Fsp3) is 0.214. The molecule has 0 spiro atoms. The molecular weight excluding hydrogens is 238 g/mol. The van der Waals surface area contributed by atoms with Gasteiger partial charge in [-0.15, -0.1) is 5.10 Å². The summed E-state index contributed by atoms with van der Waals surface area (Å²) in [7, 11) is 0. The fourth-order valence-electron chi connectivity index (χ4n) is 1.89. The van der Waals surface area contributed by atoms with Gasteiger partial charge in [0.15, 0.2) is 0 Å². The van der Waals surface area contributed by atoms with Crippen LogP contribution in [0.15, 0.2) is 42.7 Å². The second-order valence-electron chi connectivity index (χ2n) is 5.15. The lowest BCUT2D eigenvalue weighted by molar-refractivity contribution is 0.533. The van der Waals surface area contributed by atoms with Crippen LogP contribution in [0.1, 0.15) is 19.5 Å². The van der Waals surface area contributed by atoms with Crippen molar-refractivity contribution in [2.24, 2.45) is 5.73 Å².